The second kappa shape index (κ2) is 7.98. The molecule has 0 atom stereocenters. The van der Waals surface area contributed by atoms with Crippen molar-refractivity contribution in [1.29, 1.82) is 0 Å². The Morgan fingerprint density at radius 2 is 1.95 bits per heavy atom. The van der Waals surface area contributed by atoms with E-state index in [0.29, 0.717) is 37.3 Å². The van der Waals surface area contributed by atoms with Gasteiger partial charge in [0.2, 0.25) is 6.41 Å². The maximum atomic E-state index is 11.6. The predicted octanol–water partition coefficient (Wildman–Crippen LogP) is 3.07. The average molecular weight is 297 g/mol. The van der Waals surface area contributed by atoms with Crippen LogP contribution in [0.4, 0.5) is 0 Å². The molecule has 0 saturated carbocycles. The predicted molar refractivity (Wildman–Crippen MR) is 86.1 cm³/mol. The van der Waals surface area contributed by atoms with E-state index in [1.165, 1.54) is 6.92 Å². The molecule has 2 aromatic carbocycles. The maximum Gasteiger partial charge on any atom is 0.207 e. The lowest BCUT2D eigenvalue weighted by Gasteiger charge is -2.13. The van der Waals surface area contributed by atoms with E-state index in [9.17, 15) is 9.59 Å². The van der Waals surface area contributed by atoms with Crippen molar-refractivity contribution in [3.8, 4) is 16.9 Å². The summed E-state index contributed by atoms with van der Waals surface area (Å²) in [5.41, 5.74) is 2.62. The van der Waals surface area contributed by atoms with Crippen molar-refractivity contribution in [3.63, 3.8) is 0 Å². The van der Waals surface area contributed by atoms with Crippen LogP contribution in [0.2, 0.25) is 0 Å². The molecule has 0 bridgehead atoms. The van der Waals surface area contributed by atoms with E-state index < -0.39 is 0 Å². The number of amides is 1. The molecule has 0 aliphatic carbocycles. The molecule has 0 unspecified atom stereocenters. The summed E-state index contributed by atoms with van der Waals surface area (Å²) in [7, 11) is 0. The number of benzene rings is 2. The Hall–Kier alpha value is -2.62. The Balaban J connectivity index is 2.21. The van der Waals surface area contributed by atoms with Crippen LogP contribution >= 0.6 is 0 Å². The van der Waals surface area contributed by atoms with Gasteiger partial charge >= 0.3 is 0 Å². The Morgan fingerprint density at radius 1 is 1.18 bits per heavy atom. The first-order chi connectivity index (χ1) is 10.7. The van der Waals surface area contributed by atoms with Crippen molar-refractivity contribution in [2.24, 2.45) is 0 Å². The first-order valence-electron chi connectivity index (χ1n) is 7.22. The van der Waals surface area contributed by atoms with E-state index in [4.69, 9.17) is 4.74 Å². The van der Waals surface area contributed by atoms with Gasteiger partial charge < -0.3 is 10.1 Å². The van der Waals surface area contributed by atoms with Gasteiger partial charge in [0.25, 0.3) is 0 Å². The highest BCUT2D eigenvalue weighted by molar-refractivity contribution is 5.95. The van der Waals surface area contributed by atoms with Gasteiger partial charge in [-0.05, 0) is 31.0 Å². The van der Waals surface area contributed by atoms with Crippen LogP contribution in [-0.4, -0.2) is 25.3 Å². The second-order valence-corrected chi connectivity index (χ2v) is 4.91. The minimum absolute atomic E-state index is 0.00656. The number of carbonyl (C=O) groups is 2. The summed E-state index contributed by atoms with van der Waals surface area (Å²) in [4.78, 5) is 21.8. The molecule has 4 heteroatoms. The molecule has 1 amide bonds. The zero-order valence-corrected chi connectivity index (χ0v) is 12.5. The molecule has 0 aliphatic heterocycles. The molecule has 2 rings (SSSR count). The minimum Gasteiger partial charge on any atom is -0.493 e. The molecule has 0 saturated heterocycles. The molecular formula is C18H19NO3. The fourth-order valence-corrected chi connectivity index (χ4v) is 2.13. The van der Waals surface area contributed by atoms with Crippen LogP contribution in [0.3, 0.4) is 0 Å². The zero-order chi connectivity index (χ0) is 15.8. The van der Waals surface area contributed by atoms with E-state index in [1.54, 1.807) is 6.07 Å². The van der Waals surface area contributed by atoms with Crippen molar-refractivity contribution < 1.29 is 14.3 Å². The van der Waals surface area contributed by atoms with Gasteiger partial charge in [0.1, 0.15) is 5.75 Å². The Kier molecular flexibility index (Phi) is 5.72. The molecule has 0 aromatic heterocycles. The number of hydrogen-bond acceptors (Lipinski definition) is 3. The van der Waals surface area contributed by atoms with E-state index in [-0.39, 0.29) is 5.78 Å². The number of carbonyl (C=O) groups excluding carboxylic acids is 2. The molecule has 2 aromatic rings. The molecule has 4 nitrogen and oxygen atoms in total. The summed E-state index contributed by atoms with van der Waals surface area (Å²) in [6.07, 6.45) is 1.38. The van der Waals surface area contributed by atoms with Gasteiger partial charge in [0, 0.05) is 17.7 Å². The molecule has 0 heterocycles. The summed E-state index contributed by atoms with van der Waals surface area (Å²) >= 11 is 0. The van der Waals surface area contributed by atoms with E-state index >= 15 is 0 Å². The summed E-state index contributed by atoms with van der Waals surface area (Å²) in [5.74, 6) is 0.692. The molecule has 1 N–H and O–H groups in total. The Labute approximate surface area is 130 Å². The van der Waals surface area contributed by atoms with Gasteiger partial charge in [-0.2, -0.15) is 0 Å². The van der Waals surface area contributed by atoms with Crippen LogP contribution in [0.15, 0.2) is 48.5 Å². The number of nitrogens with one attached hydrogen (secondary N) is 1. The maximum absolute atomic E-state index is 11.6. The highest BCUT2D eigenvalue weighted by Crippen LogP contribution is 2.31. The number of ketones is 1. The van der Waals surface area contributed by atoms with Gasteiger partial charge in [-0.15, -0.1) is 0 Å². The third-order valence-electron chi connectivity index (χ3n) is 3.28. The largest absolute Gasteiger partial charge is 0.493 e. The summed E-state index contributed by atoms with van der Waals surface area (Å²) < 4.78 is 5.82. The number of rotatable bonds is 8. The Morgan fingerprint density at radius 3 is 2.64 bits per heavy atom. The molecule has 0 spiro atoms. The van der Waals surface area contributed by atoms with E-state index in [0.717, 1.165) is 11.1 Å². The van der Waals surface area contributed by atoms with Crippen molar-refractivity contribution in [2.75, 3.05) is 13.2 Å². The first kappa shape index (κ1) is 15.8. The molecular weight excluding hydrogens is 278 g/mol. The number of Topliss-reactive ketones (excluding diaryl/α,β-unsaturated/α-hetero) is 1. The standard InChI is InChI=1S/C18H19NO3/c1-14(21)16-8-9-17(15-6-3-2-4-7-15)18(12-16)22-11-5-10-19-13-20/h2-4,6-9,12-13H,5,10-11H2,1H3,(H,19,20). The van der Waals surface area contributed by atoms with E-state index in [1.807, 2.05) is 42.5 Å². The second-order valence-electron chi connectivity index (χ2n) is 4.91. The van der Waals surface area contributed by atoms with Crippen molar-refractivity contribution in [2.45, 2.75) is 13.3 Å². The number of hydrogen-bond donors (Lipinski definition) is 1. The molecule has 0 aliphatic rings. The zero-order valence-electron chi connectivity index (χ0n) is 12.5. The summed E-state index contributed by atoms with van der Waals surface area (Å²) in [6, 6.07) is 15.4. The van der Waals surface area contributed by atoms with E-state index in [2.05, 4.69) is 5.32 Å². The van der Waals surface area contributed by atoms with Gasteiger partial charge in [0.15, 0.2) is 5.78 Å². The van der Waals surface area contributed by atoms with Crippen LogP contribution in [-0.2, 0) is 4.79 Å². The Bertz CT molecular complexity index is 638. The summed E-state index contributed by atoms with van der Waals surface area (Å²) in [6.45, 7) is 2.58. The van der Waals surface area contributed by atoms with Crippen LogP contribution in [0.1, 0.15) is 23.7 Å². The first-order valence-corrected chi connectivity index (χ1v) is 7.22. The third-order valence-corrected chi connectivity index (χ3v) is 3.28. The fourth-order valence-electron chi connectivity index (χ4n) is 2.13. The smallest absolute Gasteiger partial charge is 0.207 e. The lowest BCUT2D eigenvalue weighted by molar-refractivity contribution is -0.109. The van der Waals surface area contributed by atoms with Crippen LogP contribution in [0.25, 0.3) is 11.1 Å². The molecule has 22 heavy (non-hydrogen) atoms. The van der Waals surface area contributed by atoms with Crippen molar-refractivity contribution >= 4 is 12.2 Å². The van der Waals surface area contributed by atoms with Crippen molar-refractivity contribution in [1.82, 2.24) is 5.32 Å². The van der Waals surface area contributed by atoms with Gasteiger partial charge in [-0.3, -0.25) is 9.59 Å². The number of ether oxygens (including phenoxy) is 1. The molecule has 114 valence electrons. The SMILES string of the molecule is CC(=O)c1ccc(-c2ccccc2)c(OCCCNC=O)c1. The fraction of sp³-hybridized carbons (Fsp3) is 0.222. The lowest BCUT2D eigenvalue weighted by Crippen LogP contribution is -2.15. The van der Waals surface area contributed by atoms with Crippen LogP contribution < -0.4 is 10.1 Å². The van der Waals surface area contributed by atoms with Crippen LogP contribution in [0, 0.1) is 0 Å². The topological polar surface area (TPSA) is 55.4 Å². The third kappa shape index (κ3) is 4.19. The lowest BCUT2D eigenvalue weighted by atomic mass is 10.0. The van der Waals surface area contributed by atoms with Gasteiger partial charge in [-0.1, -0.05) is 36.4 Å². The minimum atomic E-state index is 0.00656. The quantitative estimate of drug-likeness (QED) is 0.463. The van der Waals surface area contributed by atoms with Gasteiger partial charge in [0.05, 0.1) is 6.61 Å². The summed E-state index contributed by atoms with van der Waals surface area (Å²) in [5, 5.41) is 2.60. The monoisotopic (exact) mass is 297 g/mol. The molecule has 0 radical (unpaired) electrons. The van der Waals surface area contributed by atoms with Crippen LogP contribution in [0.5, 0.6) is 5.75 Å². The normalized spacial score (nSPS) is 10.0. The molecule has 0 fully saturated rings. The highest BCUT2D eigenvalue weighted by Gasteiger charge is 2.09. The van der Waals surface area contributed by atoms with Crippen molar-refractivity contribution in [3.05, 3.63) is 54.1 Å². The average Bonchev–Trinajstić information content (AvgIpc) is 2.55. The van der Waals surface area contributed by atoms with Gasteiger partial charge in [-0.25, -0.2) is 0 Å². The highest BCUT2D eigenvalue weighted by atomic mass is 16.5.